The molecule has 0 aromatic rings. The summed E-state index contributed by atoms with van der Waals surface area (Å²) < 4.78 is 5.09. The summed E-state index contributed by atoms with van der Waals surface area (Å²) in [4.78, 5) is 11.2. The lowest BCUT2D eigenvalue weighted by Crippen LogP contribution is -2.34. The van der Waals surface area contributed by atoms with Gasteiger partial charge in [0.25, 0.3) is 0 Å². The molecule has 0 aromatic heterocycles. The summed E-state index contributed by atoms with van der Waals surface area (Å²) in [5, 5.41) is 2.77. The highest BCUT2D eigenvalue weighted by Crippen LogP contribution is 2.28. The molecule has 1 amide bonds. The minimum absolute atomic E-state index is 0.236. The molecule has 2 atom stereocenters. The molecule has 1 rings (SSSR count). The van der Waals surface area contributed by atoms with Crippen LogP contribution in [0.15, 0.2) is 0 Å². The second-order valence-corrected chi connectivity index (χ2v) is 4.48. The molecule has 1 fully saturated rings. The van der Waals surface area contributed by atoms with Crippen LogP contribution in [0.2, 0.25) is 0 Å². The number of nitrogens with two attached hydrogens (primary N) is 1. The Bertz CT molecular complexity index is 198. The van der Waals surface area contributed by atoms with Gasteiger partial charge in [-0.15, -0.1) is 0 Å². The molecule has 76 valence electrons. The topological polar surface area (TPSA) is 64.3 Å². The van der Waals surface area contributed by atoms with Gasteiger partial charge in [0.1, 0.15) is 5.60 Å². The Hall–Kier alpha value is -0.770. The Labute approximate surface area is 78.8 Å². The summed E-state index contributed by atoms with van der Waals surface area (Å²) in [6, 6.07) is 0.236. The lowest BCUT2D eigenvalue weighted by Gasteiger charge is -2.19. The lowest BCUT2D eigenvalue weighted by atomic mass is 10.2. The third-order valence-corrected chi connectivity index (χ3v) is 1.93. The number of nitrogens with one attached hydrogen (secondary N) is 1. The van der Waals surface area contributed by atoms with Crippen molar-refractivity contribution < 1.29 is 9.53 Å². The lowest BCUT2D eigenvalue weighted by molar-refractivity contribution is 0.0521. The van der Waals surface area contributed by atoms with Crippen LogP contribution in [0.1, 0.15) is 27.2 Å². The minimum atomic E-state index is -0.419. The first kappa shape index (κ1) is 10.3. The van der Waals surface area contributed by atoms with Crippen LogP contribution in [0.4, 0.5) is 4.79 Å². The van der Waals surface area contributed by atoms with Gasteiger partial charge in [0.15, 0.2) is 0 Å². The molecule has 0 unspecified atom stereocenters. The van der Waals surface area contributed by atoms with Crippen molar-refractivity contribution >= 4 is 6.09 Å². The van der Waals surface area contributed by atoms with Crippen LogP contribution in [0.25, 0.3) is 0 Å². The molecule has 0 aliphatic heterocycles. The Kier molecular flexibility index (Phi) is 2.81. The summed E-state index contributed by atoms with van der Waals surface area (Å²) in [5.74, 6) is 0.451. The number of ether oxygens (including phenoxy) is 1. The molecule has 0 bridgehead atoms. The number of carbonyl (C=O) groups excluding carboxylic acids is 1. The summed E-state index contributed by atoms with van der Waals surface area (Å²) in [6.45, 7) is 6.18. The van der Waals surface area contributed by atoms with E-state index in [0.717, 1.165) is 6.42 Å². The van der Waals surface area contributed by atoms with Gasteiger partial charge in [-0.05, 0) is 39.7 Å². The van der Waals surface area contributed by atoms with Gasteiger partial charge in [-0.3, -0.25) is 0 Å². The fourth-order valence-electron chi connectivity index (χ4n) is 1.14. The molecule has 1 aliphatic carbocycles. The van der Waals surface area contributed by atoms with Gasteiger partial charge in [0.05, 0.1) is 0 Å². The zero-order valence-electron chi connectivity index (χ0n) is 8.46. The molecule has 0 heterocycles. The van der Waals surface area contributed by atoms with E-state index >= 15 is 0 Å². The summed E-state index contributed by atoms with van der Waals surface area (Å²) in [5.41, 5.74) is 5.02. The number of alkyl carbamates (subject to hydrolysis) is 1. The second kappa shape index (κ2) is 3.54. The number of rotatable bonds is 2. The van der Waals surface area contributed by atoms with Crippen LogP contribution in [-0.2, 0) is 4.74 Å². The minimum Gasteiger partial charge on any atom is -0.444 e. The van der Waals surface area contributed by atoms with Gasteiger partial charge in [-0.2, -0.15) is 0 Å². The van der Waals surface area contributed by atoms with Crippen molar-refractivity contribution in [1.82, 2.24) is 5.32 Å². The Morgan fingerprint density at radius 1 is 1.62 bits per heavy atom. The third-order valence-electron chi connectivity index (χ3n) is 1.93. The molecule has 0 saturated heterocycles. The maximum Gasteiger partial charge on any atom is 0.407 e. The predicted octanol–water partition coefficient (Wildman–Crippen LogP) is 0.858. The molecular formula is C9H18N2O2. The fraction of sp³-hybridized carbons (Fsp3) is 0.889. The Morgan fingerprint density at radius 3 is 2.62 bits per heavy atom. The average Bonchev–Trinajstić information content (AvgIpc) is 2.62. The second-order valence-electron chi connectivity index (χ2n) is 4.48. The van der Waals surface area contributed by atoms with E-state index in [4.69, 9.17) is 10.5 Å². The molecule has 0 aromatic carbocycles. The van der Waals surface area contributed by atoms with E-state index in [1.54, 1.807) is 0 Å². The van der Waals surface area contributed by atoms with E-state index < -0.39 is 5.60 Å². The zero-order valence-corrected chi connectivity index (χ0v) is 8.46. The van der Waals surface area contributed by atoms with Crippen molar-refractivity contribution in [2.75, 3.05) is 6.54 Å². The van der Waals surface area contributed by atoms with Gasteiger partial charge < -0.3 is 15.8 Å². The summed E-state index contributed by atoms with van der Waals surface area (Å²) in [7, 11) is 0. The molecule has 0 spiro atoms. The first-order chi connectivity index (χ1) is 5.92. The SMILES string of the molecule is CC(C)(C)OC(=O)N[C@@H]1C[C@@H]1CN. The van der Waals surface area contributed by atoms with Gasteiger partial charge in [0, 0.05) is 6.04 Å². The summed E-state index contributed by atoms with van der Waals surface area (Å²) >= 11 is 0. The van der Waals surface area contributed by atoms with E-state index in [1.807, 2.05) is 20.8 Å². The first-order valence-electron chi connectivity index (χ1n) is 4.62. The highest BCUT2D eigenvalue weighted by atomic mass is 16.6. The van der Waals surface area contributed by atoms with Crippen LogP contribution >= 0.6 is 0 Å². The van der Waals surface area contributed by atoms with Crippen molar-refractivity contribution in [3.8, 4) is 0 Å². The maximum absolute atomic E-state index is 11.2. The van der Waals surface area contributed by atoms with Crippen molar-refractivity contribution in [3.63, 3.8) is 0 Å². The molecular weight excluding hydrogens is 168 g/mol. The largest absolute Gasteiger partial charge is 0.444 e. The fourth-order valence-corrected chi connectivity index (χ4v) is 1.14. The molecule has 4 nitrogen and oxygen atoms in total. The smallest absolute Gasteiger partial charge is 0.407 e. The Balaban J connectivity index is 2.20. The van der Waals surface area contributed by atoms with Gasteiger partial charge >= 0.3 is 6.09 Å². The molecule has 1 aliphatic rings. The molecule has 4 heteroatoms. The highest BCUT2D eigenvalue weighted by Gasteiger charge is 2.37. The van der Waals surface area contributed by atoms with Crippen molar-refractivity contribution in [2.24, 2.45) is 11.7 Å². The monoisotopic (exact) mass is 186 g/mol. The van der Waals surface area contributed by atoms with Crippen molar-refractivity contribution in [3.05, 3.63) is 0 Å². The van der Waals surface area contributed by atoms with Crippen molar-refractivity contribution in [1.29, 1.82) is 0 Å². The van der Waals surface area contributed by atoms with E-state index in [2.05, 4.69) is 5.32 Å². The van der Waals surface area contributed by atoms with Crippen LogP contribution in [0.3, 0.4) is 0 Å². The van der Waals surface area contributed by atoms with Gasteiger partial charge in [-0.1, -0.05) is 0 Å². The van der Waals surface area contributed by atoms with E-state index in [0.29, 0.717) is 12.5 Å². The first-order valence-corrected chi connectivity index (χ1v) is 4.62. The maximum atomic E-state index is 11.2. The standard InChI is InChI=1S/C9H18N2O2/c1-9(2,3)13-8(12)11-7-4-6(7)5-10/h6-7H,4-5,10H2,1-3H3,(H,11,12)/t6-,7-/m1/s1. The molecule has 3 N–H and O–H groups in total. The quantitative estimate of drug-likeness (QED) is 0.672. The number of carbonyl (C=O) groups is 1. The molecule has 0 radical (unpaired) electrons. The van der Waals surface area contributed by atoms with E-state index in [1.165, 1.54) is 0 Å². The number of hydrogen-bond acceptors (Lipinski definition) is 3. The number of hydrogen-bond donors (Lipinski definition) is 2. The van der Waals surface area contributed by atoms with E-state index in [-0.39, 0.29) is 12.1 Å². The van der Waals surface area contributed by atoms with Crippen LogP contribution in [-0.4, -0.2) is 24.3 Å². The third kappa shape index (κ3) is 3.63. The van der Waals surface area contributed by atoms with Crippen LogP contribution in [0.5, 0.6) is 0 Å². The Morgan fingerprint density at radius 2 is 2.23 bits per heavy atom. The zero-order chi connectivity index (χ0) is 10.1. The molecule has 13 heavy (non-hydrogen) atoms. The van der Waals surface area contributed by atoms with Gasteiger partial charge in [-0.25, -0.2) is 4.79 Å². The normalized spacial score (nSPS) is 26.8. The van der Waals surface area contributed by atoms with Crippen molar-refractivity contribution in [2.45, 2.75) is 38.8 Å². The summed E-state index contributed by atoms with van der Waals surface area (Å²) in [6.07, 6.45) is 0.642. The highest BCUT2D eigenvalue weighted by molar-refractivity contribution is 5.68. The van der Waals surface area contributed by atoms with Crippen LogP contribution < -0.4 is 11.1 Å². The van der Waals surface area contributed by atoms with E-state index in [9.17, 15) is 4.79 Å². The molecule has 1 saturated carbocycles. The number of amides is 1. The van der Waals surface area contributed by atoms with Crippen LogP contribution in [0, 0.1) is 5.92 Å². The van der Waals surface area contributed by atoms with Gasteiger partial charge in [0.2, 0.25) is 0 Å². The predicted molar refractivity (Wildman–Crippen MR) is 50.3 cm³/mol. The average molecular weight is 186 g/mol.